The lowest BCUT2D eigenvalue weighted by Gasteiger charge is -2.37. The molecule has 4 nitrogen and oxygen atoms in total. The van der Waals surface area contributed by atoms with Gasteiger partial charge in [0.05, 0.1) is 16.8 Å². The number of hydrogen-bond acceptors (Lipinski definition) is 5. The summed E-state index contributed by atoms with van der Waals surface area (Å²) >= 11 is 1.65. The fourth-order valence-electron chi connectivity index (χ4n) is 3.27. The predicted molar refractivity (Wildman–Crippen MR) is 93.9 cm³/mol. The molecule has 124 valence electrons. The minimum atomic E-state index is -0.550. The van der Waals surface area contributed by atoms with Gasteiger partial charge in [-0.3, -0.25) is 4.79 Å². The molecule has 0 aromatic heterocycles. The molecule has 0 saturated heterocycles. The first-order valence-corrected chi connectivity index (χ1v) is 9.06. The van der Waals surface area contributed by atoms with Crippen molar-refractivity contribution in [1.82, 2.24) is 0 Å². The van der Waals surface area contributed by atoms with Crippen molar-refractivity contribution in [3.63, 3.8) is 0 Å². The highest BCUT2D eigenvalue weighted by atomic mass is 32.2. The second-order valence-corrected chi connectivity index (χ2v) is 7.83. The molecular weight excluding hydrogens is 320 g/mol. The van der Waals surface area contributed by atoms with Gasteiger partial charge in [-0.05, 0) is 29.4 Å². The van der Waals surface area contributed by atoms with Crippen LogP contribution in [0, 0.1) is 16.7 Å². The molecule has 0 amide bonds. The van der Waals surface area contributed by atoms with Crippen LogP contribution in [0.4, 0.5) is 0 Å². The van der Waals surface area contributed by atoms with Crippen LogP contribution in [-0.4, -0.2) is 12.0 Å². The third kappa shape index (κ3) is 2.83. The van der Waals surface area contributed by atoms with Crippen molar-refractivity contribution < 1.29 is 9.53 Å². The first-order valence-electron chi connectivity index (χ1n) is 7.83. The highest BCUT2D eigenvalue weighted by Crippen LogP contribution is 2.45. The number of ether oxygens (including phenoxy) is 1. The molecule has 24 heavy (non-hydrogen) atoms. The van der Waals surface area contributed by atoms with Crippen molar-refractivity contribution in [3.05, 3.63) is 52.4 Å². The molecule has 0 spiro atoms. The Morgan fingerprint density at radius 2 is 1.96 bits per heavy atom. The van der Waals surface area contributed by atoms with Crippen LogP contribution < -0.4 is 5.73 Å². The minimum Gasteiger partial charge on any atom is -0.484 e. The van der Waals surface area contributed by atoms with Crippen LogP contribution in [0.25, 0.3) is 0 Å². The number of allylic oxidation sites excluding steroid dienone is 2. The molecule has 2 aliphatic rings. The van der Waals surface area contributed by atoms with E-state index in [4.69, 9.17) is 10.5 Å². The second kappa shape index (κ2) is 6.03. The van der Waals surface area contributed by atoms with Crippen LogP contribution >= 0.6 is 11.8 Å². The smallest absolute Gasteiger partial charge is 0.168 e. The summed E-state index contributed by atoms with van der Waals surface area (Å²) in [6, 6.07) is 10.0. The Hall–Kier alpha value is -2.19. The van der Waals surface area contributed by atoms with Crippen molar-refractivity contribution in [2.75, 3.05) is 6.26 Å². The summed E-state index contributed by atoms with van der Waals surface area (Å²) in [7, 11) is 0. The van der Waals surface area contributed by atoms with Gasteiger partial charge in [0.1, 0.15) is 11.8 Å². The molecule has 1 aliphatic heterocycles. The zero-order valence-electron chi connectivity index (χ0n) is 14.1. The standard InChI is InChI=1S/C19H20N2O2S/c1-19(2)8-14(22)16-15(9-19)23-18(13(10-20)17(16)21)11-4-6-12(24-3)7-5-11/h4-7,18H,8-9,21H2,1-3H3/t18-/m1/s1. The number of hydrogen-bond donors (Lipinski definition) is 1. The second-order valence-electron chi connectivity index (χ2n) is 6.95. The van der Waals surface area contributed by atoms with Gasteiger partial charge in [-0.15, -0.1) is 11.8 Å². The zero-order valence-corrected chi connectivity index (χ0v) is 14.9. The molecule has 1 aliphatic carbocycles. The Kier molecular flexibility index (Phi) is 4.18. The van der Waals surface area contributed by atoms with E-state index in [1.807, 2.05) is 44.4 Å². The number of carbonyl (C=O) groups excluding carboxylic acids is 1. The maximum absolute atomic E-state index is 12.5. The quantitative estimate of drug-likeness (QED) is 0.827. The molecule has 5 heteroatoms. The Labute approximate surface area is 146 Å². The van der Waals surface area contributed by atoms with Gasteiger partial charge in [-0.1, -0.05) is 26.0 Å². The summed E-state index contributed by atoms with van der Waals surface area (Å²) in [5.74, 6) is 0.578. The lowest BCUT2D eigenvalue weighted by atomic mass is 9.74. The third-order valence-corrected chi connectivity index (χ3v) is 5.20. The molecule has 1 atom stereocenters. The summed E-state index contributed by atoms with van der Waals surface area (Å²) in [6.07, 6.45) is 2.53. The van der Waals surface area contributed by atoms with Crippen LogP contribution in [0.2, 0.25) is 0 Å². The molecule has 0 unspecified atom stereocenters. The van der Waals surface area contributed by atoms with E-state index in [1.54, 1.807) is 11.8 Å². The fourth-order valence-corrected chi connectivity index (χ4v) is 3.68. The van der Waals surface area contributed by atoms with Crippen LogP contribution in [0.5, 0.6) is 0 Å². The highest BCUT2D eigenvalue weighted by molar-refractivity contribution is 7.98. The van der Waals surface area contributed by atoms with Gasteiger partial charge < -0.3 is 10.5 Å². The third-order valence-electron chi connectivity index (χ3n) is 4.46. The van der Waals surface area contributed by atoms with Gasteiger partial charge in [0, 0.05) is 17.7 Å². The molecule has 0 fully saturated rings. The topological polar surface area (TPSA) is 76.1 Å². The number of thioether (sulfide) groups is 1. The average Bonchev–Trinajstić information content (AvgIpc) is 2.53. The molecule has 1 aromatic carbocycles. The minimum absolute atomic E-state index is 0.0392. The van der Waals surface area contributed by atoms with E-state index in [0.717, 1.165) is 10.5 Å². The molecule has 3 rings (SSSR count). The predicted octanol–water partition coefficient (Wildman–Crippen LogP) is 3.86. The Balaban J connectivity index is 2.06. The number of ketones is 1. The molecule has 1 aromatic rings. The number of benzene rings is 1. The normalized spacial score (nSPS) is 22.8. The van der Waals surface area contributed by atoms with E-state index >= 15 is 0 Å². The van der Waals surface area contributed by atoms with Gasteiger partial charge in [0.15, 0.2) is 11.9 Å². The van der Waals surface area contributed by atoms with E-state index < -0.39 is 6.10 Å². The summed E-state index contributed by atoms with van der Waals surface area (Å²) in [5.41, 5.74) is 7.91. The van der Waals surface area contributed by atoms with Gasteiger partial charge >= 0.3 is 0 Å². The SMILES string of the molecule is CSc1ccc([C@H]2OC3=C(C(=O)CC(C)(C)C3)C(N)=C2C#N)cc1. The number of rotatable bonds is 2. The van der Waals surface area contributed by atoms with Crippen molar-refractivity contribution in [1.29, 1.82) is 5.26 Å². The van der Waals surface area contributed by atoms with Gasteiger partial charge in [0.25, 0.3) is 0 Å². The van der Waals surface area contributed by atoms with Gasteiger partial charge in [-0.25, -0.2) is 0 Å². The molecule has 0 saturated carbocycles. The summed E-state index contributed by atoms with van der Waals surface area (Å²) in [4.78, 5) is 13.6. The van der Waals surface area contributed by atoms with Gasteiger partial charge in [0.2, 0.25) is 0 Å². The molecule has 0 bridgehead atoms. The number of Topliss-reactive ketones (excluding diaryl/α,β-unsaturated/α-hetero) is 1. The summed E-state index contributed by atoms with van der Waals surface area (Å²) in [5, 5.41) is 9.57. The summed E-state index contributed by atoms with van der Waals surface area (Å²) in [6.45, 7) is 4.08. The lowest BCUT2D eigenvalue weighted by Crippen LogP contribution is -2.33. The van der Waals surface area contributed by atoms with Crippen LogP contribution in [-0.2, 0) is 9.53 Å². The van der Waals surface area contributed by atoms with E-state index in [9.17, 15) is 10.1 Å². The molecule has 2 N–H and O–H groups in total. The fraction of sp³-hybridized carbons (Fsp3) is 0.368. The Bertz CT molecular complexity index is 798. The molecule has 0 radical (unpaired) electrons. The number of nitrogens with two attached hydrogens (primary N) is 1. The first kappa shape index (κ1) is 16.7. The van der Waals surface area contributed by atoms with E-state index in [0.29, 0.717) is 29.7 Å². The van der Waals surface area contributed by atoms with E-state index in [2.05, 4.69) is 6.07 Å². The maximum Gasteiger partial charge on any atom is 0.168 e. The number of nitrogens with zero attached hydrogens (tertiary/aromatic N) is 1. The monoisotopic (exact) mass is 340 g/mol. The average molecular weight is 340 g/mol. The Morgan fingerprint density at radius 3 is 2.54 bits per heavy atom. The molecular formula is C19H20N2O2S. The van der Waals surface area contributed by atoms with Gasteiger partial charge in [-0.2, -0.15) is 5.26 Å². The first-order chi connectivity index (χ1) is 11.4. The Morgan fingerprint density at radius 1 is 1.29 bits per heavy atom. The summed E-state index contributed by atoms with van der Waals surface area (Å²) < 4.78 is 6.12. The molecule has 1 heterocycles. The van der Waals surface area contributed by atoms with Crippen LogP contribution in [0.15, 0.2) is 51.8 Å². The number of nitriles is 1. The van der Waals surface area contributed by atoms with E-state index in [-0.39, 0.29) is 16.9 Å². The zero-order chi connectivity index (χ0) is 17.5. The highest BCUT2D eigenvalue weighted by Gasteiger charge is 2.41. The van der Waals surface area contributed by atoms with Crippen molar-refractivity contribution >= 4 is 17.5 Å². The maximum atomic E-state index is 12.5. The van der Waals surface area contributed by atoms with E-state index in [1.165, 1.54) is 0 Å². The largest absolute Gasteiger partial charge is 0.484 e. The van der Waals surface area contributed by atoms with Crippen LogP contribution in [0.3, 0.4) is 0 Å². The van der Waals surface area contributed by atoms with Crippen LogP contribution in [0.1, 0.15) is 38.4 Å². The van der Waals surface area contributed by atoms with Crippen molar-refractivity contribution in [3.8, 4) is 6.07 Å². The van der Waals surface area contributed by atoms with Crippen molar-refractivity contribution in [2.24, 2.45) is 11.1 Å². The lowest BCUT2D eigenvalue weighted by molar-refractivity contribution is -0.118. The number of carbonyl (C=O) groups is 1. The van der Waals surface area contributed by atoms with Crippen molar-refractivity contribution in [2.45, 2.75) is 37.7 Å².